The van der Waals surface area contributed by atoms with E-state index in [1.165, 1.54) is 17.1 Å². The molecule has 0 saturated carbocycles. The number of hydrogen-bond donors (Lipinski definition) is 1. The number of rotatable bonds is 4. The van der Waals surface area contributed by atoms with Crippen molar-refractivity contribution in [3.05, 3.63) is 40.4 Å². The topological polar surface area (TPSA) is 61.0 Å². The van der Waals surface area contributed by atoms with Crippen molar-refractivity contribution < 1.29 is 4.74 Å². The molecular formula is C16H21N3OS. The SMILES string of the molecule is CC(C)c1nnsc1C(N)CC1CCOc2ccccc21. The molecule has 2 heterocycles. The fourth-order valence-electron chi connectivity index (χ4n) is 2.94. The summed E-state index contributed by atoms with van der Waals surface area (Å²) < 4.78 is 9.81. The molecule has 2 N–H and O–H groups in total. The predicted molar refractivity (Wildman–Crippen MR) is 84.8 cm³/mol. The van der Waals surface area contributed by atoms with E-state index in [2.05, 4.69) is 35.6 Å². The Bertz CT molecular complexity index is 611. The van der Waals surface area contributed by atoms with Crippen LogP contribution in [0.1, 0.15) is 60.7 Å². The summed E-state index contributed by atoms with van der Waals surface area (Å²) in [5.74, 6) is 1.83. The molecule has 2 aromatic rings. The molecule has 0 saturated heterocycles. The molecule has 4 nitrogen and oxygen atoms in total. The van der Waals surface area contributed by atoms with Crippen LogP contribution in [0, 0.1) is 0 Å². The largest absolute Gasteiger partial charge is 0.493 e. The molecule has 2 atom stereocenters. The Morgan fingerprint density at radius 1 is 1.38 bits per heavy atom. The van der Waals surface area contributed by atoms with Crippen molar-refractivity contribution in [3.8, 4) is 5.75 Å². The number of fused-ring (bicyclic) bond motifs is 1. The van der Waals surface area contributed by atoms with E-state index in [-0.39, 0.29) is 6.04 Å². The van der Waals surface area contributed by atoms with Gasteiger partial charge in [-0.25, -0.2) is 0 Å². The Labute approximate surface area is 129 Å². The number of hydrogen-bond acceptors (Lipinski definition) is 5. The molecule has 0 spiro atoms. The summed E-state index contributed by atoms with van der Waals surface area (Å²) in [6.07, 6.45) is 1.94. The lowest BCUT2D eigenvalue weighted by molar-refractivity contribution is 0.259. The fourth-order valence-corrected chi connectivity index (χ4v) is 3.75. The zero-order chi connectivity index (χ0) is 14.8. The van der Waals surface area contributed by atoms with Crippen LogP contribution in [0.15, 0.2) is 24.3 Å². The Hall–Kier alpha value is -1.46. The summed E-state index contributed by atoms with van der Waals surface area (Å²) in [7, 11) is 0. The first kappa shape index (κ1) is 14.5. The lowest BCUT2D eigenvalue weighted by Crippen LogP contribution is -2.20. The molecule has 0 aliphatic carbocycles. The molecule has 1 aliphatic rings. The summed E-state index contributed by atoms with van der Waals surface area (Å²) in [6, 6.07) is 8.28. The maximum absolute atomic E-state index is 6.46. The zero-order valence-corrected chi connectivity index (χ0v) is 13.3. The van der Waals surface area contributed by atoms with E-state index in [0.29, 0.717) is 11.8 Å². The van der Waals surface area contributed by atoms with Crippen LogP contribution in [0.25, 0.3) is 0 Å². The van der Waals surface area contributed by atoms with Crippen LogP contribution in [0.3, 0.4) is 0 Å². The second kappa shape index (κ2) is 6.12. The zero-order valence-electron chi connectivity index (χ0n) is 12.5. The highest BCUT2D eigenvalue weighted by Crippen LogP contribution is 2.39. The monoisotopic (exact) mass is 303 g/mol. The quantitative estimate of drug-likeness (QED) is 0.937. The minimum atomic E-state index is -0.00134. The third-order valence-electron chi connectivity index (χ3n) is 4.04. The van der Waals surface area contributed by atoms with Crippen molar-refractivity contribution in [2.75, 3.05) is 6.61 Å². The van der Waals surface area contributed by atoms with Gasteiger partial charge in [0, 0.05) is 6.04 Å². The highest BCUT2D eigenvalue weighted by Gasteiger charge is 2.26. The number of aromatic nitrogens is 2. The Balaban J connectivity index is 1.79. The van der Waals surface area contributed by atoms with Crippen molar-refractivity contribution in [3.63, 3.8) is 0 Å². The summed E-state index contributed by atoms with van der Waals surface area (Å²) in [5, 5.41) is 4.24. The average Bonchev–Trinajstić information content (AvgIpc) is 2.97. The Kier molecular flexibility index (Phi) is 4.22. The first-order valence-electron chi connectivity index (χ1n) is 7.46. The van der Waals surface area contributed by atoms with Gasteiger partial charge < -0.3 is 10.5 Å². The molecule has 1 aromatic carbocycles. The summed E-state index contributed by atoms with van der Waals surface area (Å²) in [6.45, 7) is 5.04. The predicted octanol–water partition coefficient (Wildman–Crippen LogP) is 3.62. The van der Waals surface area contributed by atoms with Crippen LogP contribution in [0.2, 0.25) is 0 Å². The van der Waals surface area contributed by atoms with Gasteiger partial charge >= 0.3 is 0 Å². The third-order valence-corrected chi connectivity index (χ3v) is 4.92. The van der Waals surface area contributed by atoms with E-state index >= 15 is 0 Å². The Morgan fingerprint density at radius 3 is 3.00 bits per heavy atom. The molecule has 2 unspecified atom stereocenters. The standard InChI is InChI=1S/C16H21N3OS/c1-10(2)15-16(21-19-18-15)13(17)9-11-7-8-20-14-6-4-3-5-12(11)14/h3-6,10-11,13H,7-9,17H2,1-2H3. The minimum Gasteiger partial charge on any atom is -0.493 e. The van der Waals surface area contributed by atoms with Crippen LogP contribution in [0.4, 0.5) is 0 Å². The van der Waals surface area contributed by atoms with E-state index < -0.39 is 0 Å². The van der Waals surface area contributed by atoms with E-state index in [4.69, 9.17) is 10.5 Å². The van der Waals surface area contributed by atoms with Crippen molar-refractivity contribution >= 4 is 11.5 Å². The highest BCUT2D eigenvalue weighted by atomic mass is 32.1. The number of para-hydroxylation sites is 1. The third kappa shape index (κ3) is 2.94. The molecule has 1 aliphatic heterocycles. The van der Waals surface area contributed by atoms with E-state index in [9.17, 15) is 0 Å². The van der Waals surface area contributed by atoms with E-state index in [1.54, 1.807) is 0 Å². The lowest BCUT2D eigenvalue weighted by Gasteiger charge is -2.27. The van der Waals surface area contributed by atoms with Crippen molar-refractivity contribution in [2.45, 2.75) is 44.6 Å². The second-order valence-electron chi connectivity index (χ2n) is 5.89. The molecule has 1 aromatic heterocycles. The molecule has 21 heavy (non-hydrogen) atoms. The van der Waals surface area contributed by atoms with Gasteiger partial charge in [-0.3, -0.25) is 0 Å². The summed E-state index contributed by atoms with van der Waals surface area (Å²) in [5.41, 5.74) is 8.78. The van der Waals surface area contributed by atoms with Gasteiger partial charge in [0.05, 0.1) is 17.2 Å². The summed E-state index contributed by atoms with van der Waals surface area (Å²) >= 11 is 1.44. The van der Waals surface area contributed by atoms with Crippen molar-refractivity contribution in [2.24, 2.45) is 5.73 Å². The van der Waals surface area contributed by atoms with Gasteiger partial charge in [0.25, 0.3) is 0 Å². The summed E-state index contributed by atoms with van der Waals surface area (Å²) in [4.78, 5) is 1.13. The van der Waals surface area contributed by atoms with E-state index in [1.807, 2.05) is 12.1 Å². The molecule has 3 rings (SSSR count). The van der Waals surface area contributed by atoms with Gasteiger partial charge in [-0.1, -0.05) is 36.5 Å². The lowest BCUT2D eigenvalue weighted by atomic mass is 9.87. The number of nitrogens with two attached hydrogens (primary N) is 1. The van der Waals surface area contributed by atoms with Crippen molar-refractivity contribution in [1.82, 2.24) is 9.59 Å². The van der Waals surface area contributed by atoms with Crippen LogP contribution in [-0.2, 0) is 0 Å². The van der Waals surface area contributed by atoms with Crippen LogP contribution >= 0.6 is 11.5 Å². The minimum absolute atomic E-state index is 0.00134. The molecule has 0 radical (unpaired) electrons. The average molecular weight is 303 g/mol. The second-order valence-corrected chi connectivity index (χ2v) is 6.68. The number of nitrogens with zero attached hydrogens (tertiary/aromatic N) is 2. The van der Waals surface area contributed by atoms with Crippen LogP contribution in [-0.4, -0.2) is 16.2 Å². The van der Waals surface area contributed by atoms with Gasteiger partial charge in [0.1, 0.15) is 5.75 Å². The van der Waals surface area contributed by atoms with Crippen LogP contribution < -0.4 is 10.5 Å². The van der Waals surface area contributed by atoms with Gasteiger partial charge in [-0.05, 0) is 47.8 Å². The van der Waals surface area contributed by atoms with Crippen LogP contribution in [0.5, 0.6) is 5.75 Å². The normalized spacial score (nSPS) is 19.1. The van der Waals surface area contributed by atoms with Gasteiger partial charge in [0.2, 0.25) is 0 Å². The first-order valence-corrected chi connectivity index (χ1v) is 8.23. The molecular weight excluding hydrogens is 282 g/mol. The molecule has 0 amide bonds. The first-order chi connectivity index (χ1) is 10.2. The van der Waals surface area contributed by atoms with Gasteiger partial charge in [-0.15, -0.1) is 5.10 Å². The molecule has 5 heteroatoms. The molecule has 112 valence electrons. The molecule has 0 fully saturated rings. The Morgan fingerprint density at radius 2 is 2.19 bits per heavy atom. The highest BCUT2D eigenvalue weighted by molar-refractivity contribution is 7.05. The number of benzene rings is 1. The molecule has 0 bridgehead atoms. The van der Waals surface area contributed by atoms with Gasteiger partial charge in [-0.2, -0.15) is 0 Å². The van der Waals surface area contributed by atoms with Gasteiger partial charge in [0.15, 0.2) is 0 Å². The maximum Gasteiger partial charge on any atom is 0.122 e. The number of ether oxygens (including phenoxy) is 1. The van der Waals surface area contributed by atoms with E-state index in [0.717, 1.165) is 35.8 Å². The maximum atomic E-state index is 6.46. The van der Waals surface area contributed by atoms with Crippen molar-refractivity contribution in [1.29, 1.82) is 0 Å². The fraction of sp³-hybridized carbons (Fsp3) is 0.500. The smallest absolute Gasteiger partial charge is 0.122 e.